The highest BCUT2D eigenvalue weighted by Crippen LogP contribution is 2.26. The molecule has 2 N–H and O–H groups in total. The van der Waals surface area contributed by atoms with Gasteiger partial charge in [0.1, 0.15) is 12.1 Å². The number of aryl methyl sites for hydroxylation is 2. The van der Waals surface area contributed by atoms with Gasteiger partial charge in [0, 0.05) is 0 Å². The van der Waals surface area contributed by atoms with E-state index in [1.807, 2.05) is 20.8 Å². The van der Waals surface area contributed by atoms with Crippen molar-refractivity contribution in [3.8, 4) is 0 Å². The average Bonchev–Trinajstić information content (AvgIpc) is 2.92. The smallest absolute Gasteiger partial charge is 0.325 e. The second kappa shape index (κ2) is 7.71. The Morgan fingerprint density at radius 3 is 2.48 bits per heavy atom. The molecule has 1 aromatic rings. The van der Waals surface area contributed by atoms with Gasteiger partial charge in [0.25, 0.3) is 5.91 Å². The zero-order chi connectivity index (χ0) is 19.6. The Labute approximate surface area is 160 Å². The fraction of sp³-hybridized carbons (Fsp3) is 0.571. The number of rotatable bonds is 6. The number of hydrogen-bond acceptors (Lipinski definition) is 3. The van der Waals surface area contributed by atoms with Crippen molar-refractivity contribution >= 4 is 17.8 Å². The SMILES string of the molecule is CCC1(CC)NC(=O)N(CC(=O)N[C@@H](C)c2ccc3c(c2)CCCC3)C1=O. The van der Waals surface area contributed by atoms with E-state index in [9.17, 15) is 14.4 Å². The number of hydrogen-bond donors (Lipinski definition) is 2. The predicted octanol–water partition coefficient (Wildman–Crippen LogP) is 2.85. The second-order valence-corrected chi connectivity index (χ2v) is 7.64. The van der Waals surface area contributed by atoms with Gasteiger partial charge in [-0.25, -0.2) is 4.79 Å². The molecule has 0 bridgehead atoms. The molecule has 4 amide bonds. The van der Waals surface area contributed by atoms with Gasteiger partial charge < -0.3 is 10.6 Å². The van der Waals surface area contributed by atoms with Gasteiger partial charge in [-0.05, 0) is 62.1 Å². The molecule has 1 aliphatic carbocycles. The van der Waals surface area contributed by atoms with Crippen LogP contribution >= 0.6 is 0 Å². The summed E-state index contributed by atoms with van der Waals surface area (Å²) in [5.74, 6) is -0.638. The fourth-order valence-electron chi connectivity index (χ4n) is 4.09. The lowest BCUT2D eigenvalue weighted by Crippen LogP contribution is -2.46. The molecule has 1 aliphatic heterocycles. The van der Waals surface area contributed by atoms with Gasteiger partial charge >= 0.3 is 6.03 Å². The largest absolute Gasteiger partial charge is 0.348 e. The Bertz CT molecular complexity index is 755. The van der Waals surface area contributed by atoms with E-state index in [1.54, 1.807) is 0 Å². The van der Waals surface area contributed by atoms with Crippen molar-refractivity contribution in [2.45, 2.75) is 70.9 Å². The van der Waals surface area contributed by atoms with E-state index in [4.69, 9.17) is 0 Å². The summed E-state index contributed by atoms with van der Waals surface area (Å²) in [6.45, 7) is 5.41. The Morgan fingerprint density at radius 1 is 1.19 bits per heavy atom. The van der Waals surface area contributed by atoms with Crippen LogP contribution in [0, 0.1) is 0 Å². The number of carbonyl (C=O) groups excluding carboxylic acids is 3. The minimum Gasteiger partial charge on any atom is -0.348 e. The third-order valence-electron chi connectivity index (χ3n) is 6.00. The number of fused-ring (bicyclic) bond motifs is 1. The summed E-state index contributed by atoms with van der Waals surface area (Å²) in [6, 6.07) is 5.72. The molecular formula is C21H29N3O3. The summed E-state index contributed by atoms with van der Waals surface area (Å²) in [5.41, 5.74) is 2.95. The van der Waals surface area contributed by atoms with Gasteiger partial charge in [0.15, 0.2) is 0 Å². The number of carbonyl (C=O) groups is 3. The zero-order valence-electron chi connectivity index (χ0n) is 16.4. The summed E-state index contributed by atoms with van der Waals surface area (Å²) in [4.78, 5) is 38.3. The van der Waals surface area contributed by atoms with Gasteiger partial charge in [-0.15, -0.1) is 0 Å². The fourth-order valence-corrected chi connectivity index (χ4v) is 4.09. The number of nitrogens with zero attached hydrogens (tertiary/aromatic N) is 1. The summed E-state index contributed by atoms with van der Waals surface area (Å²) in [6.07, 6.45) is 5.68. The van der Waals surface area contributed by atoms with E-state index in [-0.39, 0.29) is 24.4 Å². The van der Waals surface area contributed by atoms with E-state index in [0.717, 1.165) is 23.3 Å². The van der Waals surface area contributed by atoms with Crippen LogP contribution in [0.5, 0.6) is 0 Å². The lowest BCUT2D eigenvalue weighted by molar-refractivity contribution is -0.135. The predicted molar refractivity (Wildman–Crippen MR) is 103 cm³/mol. The maximum atomic E-state index is 12.6. The lowest BCUT2D eigenvalue weighted by atomic mass is 9.89. The van der Waals surface area contributed by atoms with Crippen LogP contribution in [-0.2, 0) is 22.4 Å². The quantitative estimate of drug-likeness (QED) is 0.755. The molecule has 0 unspecified atom stereocenters. The third-order valence-corrected chi connectivity index (χ3v) is 6.00. The molecule has 0 radical (unpaired) electrons. The van der Waals surface area contributed by atoms with Crippen LogP contribution in [0.2, 0.25) is 0 Å². The molecule has 1 aromatic carbocycles. The molecule has 0 spiro atoms. The standard InChI is InChI=1S/C21H29N3O3/c1-4-21(5-2)19(26)24(20(27)23-21)13-18(25)22-14(3)16-11-10-15-8-6-7-9-17(15)12-16/h10-12,14H,4-9,13H2,1-3H3,(H,22,25)(H,23,27)/t14-/m0/s1. The monoisotopic (exact) mass is 371 g/mol. The second-order valence-electron chi connectivity index (χ2n) is 7.64. The summed E-state index contributed by atoms with van der Waals surface area (Å²) in [7, 11) is 0. The van der Waals surface area contributed by atoms with Gasteiger partial charge in [0.2, 0.25) is 5.91 Å². The molecule has 0 saturated carbocycles. The van der Waals surface area contributed by atoms with Gasteiger partial charge in [-0.2, -0.15) is 0 Å². The normalized spacial score (nSPS) is 19.4. The maximum absolute atomic E-state index is 12.6. The van der Waals surface area contributed by atoms with Crippen LogP contribution in [0.25, 0.3) is 0 Å². The number of benzene rings is 1. The third kappa shape index (κ3) is 3.70. The van der Waals surface area contributed by atoms with E-state index >= 15 is 0 Å². The van der Waals surface area contributed by atoms with Crippen LogP contribution < -0.4 is 10.6 Å². The zero-order valence-corrected chi connectivity index (χ0v) is 16.4. The Morgan fingerprint density at radius 2 is 1.85 bits per heavy atom. The highest BCUT2D eigenvalue weighted by Gasteiger charge is 2.49. The van der Waals surface area contributed by atoms with Crippen LogP contribution in [0.3, 0.4) is 0 Å². The van der Waals surface area contributed by atoms with Crippen molar-refractivity contribution in [3.05, 3.63) is 34.9 Å². The first-order chi connectivity index (χ1) is 12.9. The molecular weight excluding hydrogens is 342 g/mol. The average molecular weight is 371 g/mol. The van der Waals surface area contributed by atoms with Crippen molar-refractivity contribution in [1.29, 1.82) is 0 Å². The van der Waals surface area contributed by atoms with Crippen molar-refractivity contribution in [3.63, 3.8) is 0 Å². The van der Waals surface area contributed by atoms with Crippen LogP contribution in [0.4, 0.5) is 4.79 Å². The molecule has 1 heterocycles. The summed E-state index contributed by atoms with van der Waals surface area (Å²) < 4.78 is 0. The molecule has 0 aromatic heterocycles. The molecule has 6 nitrogen and oxygen atoms in total. The Kier molecular flexibility index (Phi) is 5.53. The minimum atomic E-state index is -0.874. The van der Waals surface area contributed by atoms with Crippen molar-refractivity contribution in [2.75, 3.05) is 6.54 Å². The number of amides is 4. The number of urea groups is 1. The lowest BCUT2D eigenvalue weighted by Gasteiger charge is -2.23. The molecule has 1 atom stereocenters. The van der Waals surface area contributed by atoms with Gasteiger partial charge in [0.05, 0.1) is 6.04 Å². The Hall–Kier alpha value is -2.37. The van der Waals surface area contributed by atoms with Crippen LogP contribution in [0.15, 0.2) is 18.2 Å². The molecule has 6 heteroatoms. The summed E-state index contributed by atoms with van der Waals surface area (Å²) in [5, 5.41) is 5.67. The van der Waals surface area contributed by atoms with E-state index in [1.165, 1.54) is 24.0 Å². The van der Waals surface area contributed by atoms with E-state index in [0.29, 0.717) is 12.8 Å². The van der Waals surface area contributed by atoms with Gasteiger partial charge in [-0.1, -0.05) is 32.0 Å². The first-order valence-corrected chi connectivity index (χ1v) is 9.95. The molecule has 3 rings (SSSR count). The highest BCUT2D eigenvalue weighted by molar-refractivity contribution is 6.09. The maximum Gasteiger partial charge on any atom is 0.325 e. The van der Waals surface area contributed by atoms with Gasteiger partial charge in [-0.3, -0.25) is 14.5 Å². The van der Waals surface area contributed by atoms with Crippen molar-refractivity contribution in [2.24, 2.45) is 0 Å². The van der Waals surface area contributed by atoms with Crippen LogP contribution in [0.1, 0.15) is 69.2 Å². The molecule has 1 saturated heterocycles. The molecule has 27 heavy (non-hydrogen) atoms. The first-order valence-electron chi connectivity index (χ1n) is 9.95. The number of imide groups is 1. The minimum absolute atomic E-state index is 0.174. The molecule has 2 aliphatic rings. The Balaban J connectivity index is 1.64. The van der Waals surface area contributed by atoms with E-state index in [2.05, 4.69) is 28.8 Å². The van der Waals surface area contributed by atoms with E-state index < -0.39 is 11.6 Å². The van der Waals surface area contributed by atoms with Crippen LogP contribution in [-0.4, -0.2) is 34.8 Å². The first kappa shape index (κ1) is 19.4. The highest BCUT2D eigenvalue weighted by atomic mass is 16.2. The molecule has 1 fully saturated rings. The molecule has 146 valence electrons. The topological polar surface area (TPSA) is 78.5 Å². The summed E-state index contributed by atoms with van der Waals surface area (Å²) >= 11 is 0. The van der Waals surface area contributed by atoms with Crippen molar-refractivity contribution < 1.29 is 14.4 Å². The number of nitrogens with one attached hydrogen (secondary N) is 2. The van der Waals surface area contributed by atoms with Crippen molar-refractivity contribution in [1.82, 2.24) is 15.5 Å².